The number of aromatic amines is 1. The first-order chi connectivity index (χ1) is 14.4. The van der Waals surface area contributed by atoms with Crippen molar-refractivity contribution >= 4 is 10.9 Å². The van der Waals surface area contributed by atoms with Crippen LogP contribution in [-0.2, 0) is 12.0 Å². The Balaban J connectivity index is 1.78. The van der Waals surface area contributed by atoms with E-state index < -0.39 is 36.0 Å². The summed E-state index contributed by atoms with van der Waals surface area (Å²) in [7, 11) is 1.32. The van der Waals surface area contributed by atoms with E-state index in [0.29, 0.717) is 11.3 Å². The predicted octanol–water partition coefficient (Wildman–Crippen LogP) is 4.46. The van der Waals surface area contributed by atoms with Crippen molar-refractivity contribution in [2.45, 2.75) is 44.0 Å². The summed E-state index contributed by atoms with van der Waals surface area (Å²) in [6, 6.07) is 7.22. The number of ether oxygens (including phenoxy) is 1. The fourth-order valence-corrected chi connectivity index (χ4v) is 3.84. The van der Waals surface area contributed by atoms with Gasteiger partial charge in [0.15, 0.2) is 5.60 Å². The number of hydrogen-bond donors (Lipinski definition) is 3. The van der Waals surface area contributed by atoms with Crippen molar-refractivity contribution in [3.05, 3.63) is 59.8 Å². The summed E-state index contributed by atoms with van der Waals surface area (Å²) in [6.45, 7) is 2.51. The SMILES string of the molecule is COc1cc(F)ccc1C(C)(C)CC(O)(CNCc1cc2cnccc2[nH]1)C(F)(F)F. The molecule has 2 aromatic heterocycles. The van der Waals surface area contributed by atoms with Crippen LogP contribution >= 0.6 is 0 Å². The Kier molecular flexibility index (Phi) is 6.29. The van der Waals surface area contributed by atoms with Crippen molar-refractivity contribution in [1.82, 2.24) is 15.3 Å². The molecule has 3 rings (SSSR count). The molecule has 0 saturated carbocycles. The summed E-state index contributed by atoms with van der Waals surface area (Å²) in [5, 5.41) is 14.2. The van der Waals surface area contributed by atoms with E-state index in [4.69, 9.17) is 4.74 Å². The fraction of sp³-hybridized carbons (Fsp3) is 0.409. The average Bonchev–Trinajstić information content (AvgIpc) is 3.09. The quantitative estimate of drug-likeness (QED) is 0.453. The summed E-state index contributed by atoms with van der Waals surface area (Å²) in [5.41, 5.74) is -2.29. The Labute approximate surface area is 177 Å². The zero-order chi connectivity index (χ0) is 22.9. The van der Waals surface area contributed by atoms with Crippen molar-refractivity contribution < 1.29 is 27.4 Å². The van der Waals surface area contributed by atoms with Gasteiger partial charge in [0, 0.05) is 53.7 Å². The first kappa shape index (κ1) is 23.0. The number of aliphatic hydroxyl groups is 1. The largest absolute Gasteiger partial charge is 0.496 e. The number of rotatable bonds is 8. The highest BCUT2D eigenvalue weighted by atomic mass is 19.4. The monoisotopic (exact) mass is 439 g/mol. The number of nitrogens with zero attached hydrogens (tertiary/aromatic N) is 1. The normalized spacial score (nSPS) is 14.6. The third kappa shape index (κ3) is 4.99. The van der Waals surface area contributed by atoms with Gasteiger partial charge >= 0.3 is 6.18 Å². The zero-order valence-electron chi connectivity index (χ0n) is 17.5. The third-order valence-electron chi connectivity index (χ3n) is 5.36. The molecule has 0 amide bonds. The maximum Gasteiger partial charge on any atom is 0.418 e. The molecular weight excluding hydrogens is 414 g/mol. The summed E-state index contributed by atoms with van der Waals surface area (Å²) in [6.07, 6.45) is -2.26. The number of fused-ring (bicyclic) bond motifs is 1. The van der Waals surface area contributed by atoms with Crippen LogP contribution in [0.4, 0.5) is 17.6 Å². The van der Waals surface area contributed by atoms with Crippen molar-refractivity contribution in [3.8, 4) is 5.75 Å². The van der Waals surface area contributed by atoms with Gasteiger partial charge < -0.3 is 20.1 Å². The third-order valence-corrected chi connectivity index (χ3v) is 5.36. The lowest BCUT2D eigenvalue weighted by atomic mass is 9.74. The summed E-state index contributed by atoms with van der Waals surface area (Å²) >= 11 is 0. The molecule has 1 atom stereocenters. The van der Waals surface area contributed by atoms with E-state index in [1.807, 2.05) is 0 Å². The molecular formula is C22H25F4N3O2. The van der Waals surface area contributed by atoms with E-state index in [9.17, 15) is 22.7 Å². The van der Waals surface area contributed by atoms with E-state index in [2.05, 4.69) is 15.3 Å². The molecule has 5 nitrogen and oxygen atoms in total. The van der Waals surface area contributed by atoms with Crippen molar-refractivity contribution in [2.24, 2.45) is 0 Å². The zero-order valence-corrected chi connectivity index (χ0v) is 17.5. The standard InChI is InChI=1S/C22H25F4N3O2/c1-20(2,17-5-4-15(23)9-19(17)31-3)12-21(30,22(24,25)26)13-28-11-16-8-14-10-27-7-6-18(14)29-16/h4-10,28-30H,11-13H2,1-3H3. The predicted molar refractivity (Wildman–Crippen MR) is 109 cm³/mol. The molecule has 3 aromatic rings. The van der Waals surface area contributed by atoms with E-state index in [1.165, 1.54) is 13.2 Å². The fourth-order valence-electron chi connectivity index (χ4n) is 3.84. The van der Waals surface area contributed by atoms with Crippen LogP contribution in [-0.4, -0.2) is 40.5 Å². The second-order valence-electron chi connectivity index (χ2n) is 8.30. The Morgan fingerprint density at radius 3 is 2.55 bits per heavy atom. The molecule has 0 bridgehead atoms. The van der Waals surface area contributed by atoms with E-state index in [-0.39, 0.29) is 12.3 Å². The molecule has 2 heterocycles. The first-order valence-electron chi connectivity index (χ1n) is 9.71. The van der Waals surface area contributed by atoms with Gasteiger partial charge in [-0.15, -0.1) is 0 Å². The van der Waals surface area contributed by atoms with Gasteiger partial charge in [0.1, 0.15) is 11.6 Å². The minimum atomic E-state index is -4.88. The molecule has 3 N–H and O–H groups in total. The smallest absolute Gasteiger partial charge is 0.418 e. The van der Waals surface area contributed by atoms with Crippen LogP contribution < -0.4 is 10.1 Å². The van der Waals surface area contributed by atoms with Gasteiger partial charge in [-0.25, -0.2) is 4.39 Å². The first-order valence-corrected chi connectivity index (χ1v) is 9.71. The van der Waals surface area contributed by atoms with Gasteiger partial charge in [-0.05, 0) is 30.0 Å². The van der Waals surface area contributed by atoms with Crippen LogP contribution in [0.1, 0.15) is 31.5 Å². The molecule has 0 radical (unpaired) electrons. The molecule has 0 fully saturated rings. The lowest BCUT2D eigenvalue weighted by Gasteiger charge is -2.38. The maximum absolute atomic E-state index is 13.9. The average molecular weight is 439 g/mol. The number of methoxy groups -OCH3 is 1. The number of hydrogen-bond acceptors (Lipinski definition) is 4. The molecule has 9 heteroatoms. The van der Waals surface area contributed by atoms with Crippen molar-refractivity contribution in [2.75, 3.05) is 13.7 Å². The van der Waals surface area contributed by atoms with Crippen LogP contribution in [0.15, 0.2) is 42.7 Å². The number of nitrogens with one attached hydrogen (secondary N) is 2. The molecule has 1 aromatic carbocycles. The molecule has 168 valence electrons. The summed E-state index contributed by atoms with van der Waals surface area (Å²) < 4.78 is 60.4. The van der Waals surface area contributed by atoms with Crippen LogP contribution in [0.2, 0.25) is 0 Å². The minimum Gasteiger partial charge on any atom is -0.496 e. The number of pyridine rings is 1. The maximum atomic E-state index is 13.9. The molecule has 0 aliphatic heterocycles. The Morgan fingerprint density at radius 1 is 1.16 bits per heavy atom. The molecule has 1 unspecified atom stereocenters. The van der Waals surface area contributed by atoms with Crippen molar-refractivity contribution in [1.29, 1.82) is 0 Å². The molecule has 0 aliphatic rings. The number of H-pyrrole nitrogens is 1. The number of halogens is 4. The minimum absolute atomic E-state index is 0.105. The number of alkyl halides is 3. The van der Waals surface area contributed by atoms with Crippen LogP contribution in [0, 0.1) is 5.82 Å². The lowest BCUT2D eigenvalue weighted by Crippen LogP contribution is -2.55. The lowest BCUT2D eigenvalue weighted by molar-refractivity contribution is -0.264. The summed E-state index contributed by atoms with van der Waals surface area (Å²) in [5.74, 6) is -0.424. The summed E-state index contributed by atoms with van der Waals surface area (Å²) in [4.78, 5) is 7.10. The highest BCUT2D eigenvalue weighted by Crippen LogP contribution is 2.43. The Morgan fingerprint density at radius 2 is 1.90 bits per heavy atom. The number of aromatic nitrogens is 2. The van der Waals surface area contributed by atoms with E-state index in [1.54, 1.807) is 38.4 Å². The molecule has 0 aliphatic carbocycles. The topological polar surface area (TPSA) is 70.2 Å². The highest BCUT2D eigenvalue weighted by Gasteiger charge is 2.55. The van der Waals surface area contributed by atoms with Gasteiger partial charge in [0.2, 0.25) is 0 Å². The van der Waals surface area contributed by atoms with Gasteiger partial charge in [-0.2, -0.15) is 13.2 Å². The van der Waals surface area contributed by atoms with Gasteiger partial charge in [-0.3, -0.25) is 4.98 Å². The molecule has 31 heavy (non-hydrogen) atoms. The van der Waals surface area contributed by atoms with Crippen LogP contribution in [0.3, 0.4) is 0 Å². The highest BCUT2D eigenvalue weighted by molar-refractivity contribution is 5.79. The van der Waals surface area contributed by atoms with Gasteiger partial charge in [0.05, 0.1) is 7.11 Å². The second kappa shape index (κ2) is 8.47. The molecule has 0 spiro atoms. The number of benzene rings is 1. The van der Waals surface area contributed by atoms with Crippen LogP contribution in [0.25, 0.3) is 10.9 Å². The Bertz CT molecular complexity index is 1020. The van der Waals surface area contributed by atoms with E-state index >= 15 is 0 Å². The Hall–Kier alpha value is -2.65. The van der Waals surface area contributed by atoms with Gasteiger partial charge in [0.25, 0.3) is 0 Å². The van der Waals surface area contributed by atoms with Gasteiger partial charge in [-0.1, -0.05) is 19.9 Å². The van der Waals surface area contributed by atoms with Crippen LogP contribution in [0.5, 0.6) is 5.75 Å². The second-order valence-corrected chi connectivity index (χ2v) is 8.30. The van der Waals surface area contributed by atoms with Crippen molar-refractivity contribution in [3.63, 3.8) is 0 Å². The molecule has 0 saturated heterocycles. The van der Waals surface area contributed by atoms with E-state index in [0.717, 1.165) is 23.0 Å².